The predicted octanol–water partition coefficient (Wildman–Crippen LogP) is 2.97. The highest BCUT2D eigenvalue weighted by molar-refractivity contribution is 9.10. The van der Waals surface area contributed by atoms with Crippen LogP contribution in [0.25, 0.3) is 5.69 Å². The highest BCUT2D eigenvalue weighted by Gasteiger charge is 2.35. The molecule has 1 N–H and O–H groups in total. The van der Waals surface area contributed by atoms with Gasteiger partial charge >= 0.3 is 17.8 Å². The lowest BCUT2D eigenvalue weighted by atomic mass is 10.3. The maximum absolute atomic E-state index is 13.1. The second kappa shape index (κ2) is 8.86. The molecule has 3 rings (SSSR count). The molecule has 168 valence electrons. The maximum atomic E-state index is 13.1. The standard InChI is InChI=1S/C19H13BrF3N3O6/c1-25-14(19(21,22)23)8-16(27)26(18(25)30)10-2-3-12(20)13(6-10)32-15-7-11(4-5-24-15)31-9-17(28)29/h2-8H,9H2,1H3,(H,28,29). The Kier molecular flexibility index (Phi) is 6.39. The van der Waals surface area contributed by atoms with Gasteiger partial charge in [0.2, 0.25) is 5.88 Å². The highest BCUT2D eigenvalue weighted by Crippen LogP contribution is 2.32. The minimum atomic E-state index is -4.88. The van der Waals surface area contributed by atoms with Crippen molar-refractivity contribution >= 4 is 21.9 Å². The molecule has 0 radical (unpaired) electrons. The molecule has 13 heteroatoms. The topological polar surface area (TPSA) is 113 Å². The number of aromatic nitrogens is 3. The molecule has 9 nitrogen and oxygen atoms in total. The number of aliphatic carboxylic acids is 1. The van der Waals surface area contributed by atoms with Crippen molar-refractivity contribution in [2.75, 3.05) is 6.61 Å². The minimum absolute atomic E-state index is 0.00147. The number of benzene rings is 1. The molecule has 2 aromatic heterocycles. The third-order valence-corrected chi connectivity index (χ3v) is 4.72. The zero-order chi connectivity index (χ0) is 23.6. The molecular formula is C19H13BrF3N3O6. The average Bonchev–Trinajstić information content (AvgIpc) is 2.71. The Labute approximate surface area is 185 Å². The zero-order valence-electron chi connectivity index (χ0n) is 16.1. The first kappa shape index (κ1) is 23.1. The summed E-state index contributed by atoms with van der Waals surface area (Å²) in [5, 5.41) is 8.68. The van der Waals surface area contributed by atoms with E-state index < -0.39 is 35.7 Å². The Morgan fingerprint density at radius 2 is 1.91 bits per heavy atom. The van der Waals surface area contributed by atoms with Gasteiger partial charge in [0.05, 0.1) is 10.2 Å². The molecule has 0 aliphatic heterocycles. The summed E-state index contributed by atoms with van der Waals surface area (Å²) in [4.78, 5) is 39.4. The van der Waals surface area contributed by atoms with Crippen molar-refractivity contribution in [3.8, 4) is 23.1 Å². The van der Waals surface area contributed by atoms with Crippen molar-refractivity contribution in [3.63, 3.8) is 0 Å². The number of carboxylic acids is 1. The molecule has 0 aliphatic carbocycles. The molecule has 0 atom stereocenters. The molecule has 1 aromatic carbocycles. The number of rotatable bonds is 6. The van der Waals surface area contributed by atoms with E-state index in [-0.39, 0.29) is 23.1 Å². The van der Waals surface area contributed by atoms with Gasteiger partial charge in [-0.15, -0.1) is 0 Å². The zero-order valence-corrected chi connectivity index (χ0v) is 17.7. The molecule has 32 heavy (non-hydrogen) atoms. The van der Waals surface area contributed by atoms with Crippen molar-refractivity contribution < 1.29 is 32.5 Å². The molecule has 0 spiro atoms. The van der Waals surface area contributed by atoms with Crippen molar-refractivity contribution in [1.29, 1.82) is 0 Å². The molecule has 0 saturated carbocycles. The molecule has 0 fully saturated rings. The fourth-order valence-corrected chi connectivity index (χ4v) is 2.97. The van der Waals surface area contributed by atoms with E-state index in [0.29, 0.717) is 19.7 Å². The minimum Gasteiger partial charge on any atom is -0.482 e. The lowest BCUT2D eigenvalue weighted by Crippen LogP contribution is -2.40. The van der Waals surface area contributed by atoms with Crippen molar-refractivity contribution in [1.82, 2.24) is 14.1 Å². The van der Waals surface area contributed by atoms with Gasteiger partial charge in [0.1, 0.15) is 17.2 Å². The maximum Gasteiger partial charge on any atom is 0.431 e. The van der Waals surface area contributed by atoms with E-state index in [0.717, 1.165) is 7.05 Å². The number of carbonyl (C=O) groups is 1. The number of hydrogen-bond acceptors (Lipinski definition) is 6. The third kappa shape index (κ3) is 4.99. The van der Waals surface area contributed by atoms with Crippen LogP contribution < -0.4 is 20.7 Å². The summed E-state index contributed by atoms with van der Waals surface area (Å²) < 4.78 is 51.1. The van der Waals surface area contributed by atoms with Crippen LogP contribution >= 0.6 is 15.9 Å². The lowest BCUT2D eigenvalue weighted by Gasteiger charge is -2.15. The van der Waals surface area contributed by atoms with Gasteiger partial charge in [-0.25, -0.2) is 19.1 Å². The number of pyridine rings is 1. The van der Waals surface area contributed by atoms with Gasteiger partial charge < -0.3 is 14.6 Å². The first-order valence-electron chi connectivity index (χ1n) is 8.66. The first-order chi connectivity index (χ1) is 15.0. The van der Waals surface area contributed by atoms with Gasteiger partial charge in [0.25, 0.3) is 5.56 Å². The normalized spacial score (nSPS) is 11.3. The summed E-state index contributed by atoms with van der Waals surface area (Å²) in [5.41, 5.74) is -3.78. The van der Waals surface area contributed by atoms with E-state index in [4.69, 9.17) is 14.6 Å². The Morgan fingerprint density at radius 3 is 2.56 bits per heavy atom. The van der Waals surface area contributed by atoms with Gasteiger partial charge in [-0.1, -0.05) is 0 Å². The molecule has 0 aliphatic rings. The number of alkyl halides is 3. The van der Waals surface area contributed by atoms with E-state index in [2.05, 4.69) is 20.9 Å². The number of ether oxygens (including phenoxy) is 2. The van der Waals surface area contributed by atoms with Crippen molar-refractivity contribution in [2.45, 2.75) is 6.18 Å². The SMILES string of the molecule is Cn1c(C(F)(F)F)cc(=O)n(-c2ccc(Br)c(Oc3cc(OCC(=O)O)ccn3)c2)c1=O. The Hall–Kier alpha value is -3.61. The van der Waals surface area contributed by atoms with Crippen molar-refractivity contribution in [3.05, 3.63) is 73.6 Å². The molecule has 3 aromatic rings. The van der Waals surface area contributed by atoms with E-state index in [9.17, 15) is 27.6 Å². The van der Waals surface area contributed by atoms with Crippen LogP contribution in [0.15, 0.2) is 56.7 Å². The molecule has 0 saturated heterocycles. The largest absolute Gasteiger partial charge is 0.482 e. The predicted molar refractivity (Wildman–Crippen MR) is 107 cm³/mol. The van der Waals surface area contributed by atoms with Gasteiger partial charge in [-0.2, -0.15) is 13.2 Å². The smallest absolute Gasteiger partial charge is 0.431 e. The molecule has 2 heterocycles. The summed E-state index contributed by atoms with van der Waals surface area (Å²) in [5.74, 6) is -0.932. The number of halogens is 4. The lowest BCUT2D eigenvalue weighted by molar-refractivity contribution is -0.144. The first-order valence-corrected chi connectivity index (χ1v) is 9.45. The van der Waals surface area contributed by atoms with E-state index in [1.807, 2.05) is 0 Å². The van der Waals surface area contributed by atoms with Crippen LogP contribution in [0.4, 0.5) is 13.2 Å². The van der Waals surface area contributed by atoms with E-state index >= 15 is 0 Å². The van der Waals surface area contributed by atoms with Crippen LogP contribution in [0.5, 0.6) is 17.4 Å². The molecule has 0 bridgehead atoms. The molecule has 0 unspecified atom stereocenters. The number of hydrogen-bond donors (Lipinski definition) is 1. The fraction of sp³-hybridized carbons (Fsp3) is 0.158. The highest BCUT2D eigenvalue weighted by atomic mass is 79.9. The summed E-state index contributed by atoms with van der Waals surface area (Å²) in [6, 6.07) is 7.07. The van der Waals surface area contributed by atoms with Crippen LogP contribution in [0, 0.1) is 0 Å². The van der Waals surface area contributed by atoms with Crippen LogP contribution in [-0.4, -0.2) is 31.8 Å². The summed E-state index contributed by atoms with van der Waals surface area (Å²) >= 11 is 3.24. The van der Waals surface area contributed by atoms with Gasteiger partial charge in [0, 0.05) is 31.4 Å². The van der Waals surface area contributed by atoms with Crippen LogP contribution in [-0.2, 0) is 18.0 Å². The Morgan fingerprint density at radius 1 is 1.19 bits per heavy atom. The number of nitrogens with zero attached hydrogens (tertiary/aromatic N) is 3. The summed E-state index contributed by atoms with van der Waals surface area (Å²) in [6.45, 7) is -0.581. The van der Waals surface area contributed by atoms with E-state index in [1.54, 1.807) is 0 Å². The second-order valence-electron chi connectivity index (χ2n) is 6.27. The van der Waals surface area contributed by atoms with E-state index in [1.165, 1.54) is 36.5 Å². The second-order valence-corrected chi connectivity index (χ2v) is 7.13. The average molecular weight is 516 g/mol. The molecular weight excluding hydrogens is 503 g/mol. The number of carboxylic acid groups (broad SMARTS) is 1. The monoisotopic (exact) mass is 515 g/mol. The quantitative estimate of drug-likeness (QED) is 0.536. The molecule has 0 amide bonds. The Balaban J connectivity index is 2.00. The Bertz CT molecular complexity index is 1300. The summed E-state index contributed by atoms with van der Waals surface area (Å²) in [7, 11) is 0.907. The van der Waals surface area contributed by atoms with Crippen LogP contribution in [0.2, 0.25) is 0 Å². The van der Waals surface area contributed by atoms with Crippen LogP contribution in [0.3, 0.4) is 0 Å². The third-order valence-electron chi connectivity index (χ3n) is 4.07. The van der Waals surface area contributed by atoms with Crippen LogP contribution in [0.1, 0.15) is 5.69 Å². The van der Waals surface area contributed by atoms with Crippen molar-refractivity contribution in [2.24, 2.45) is 7.05 Å². The van der Waals surface area contributed by atoms with Gasteiger partial charge in [0.15, 0.2) is 6.61 Å². The fourth-order valence-electron chi connectivity index (χ4n) is 2.64. The van der Waals surface area contributed by atoms with Gasteiger partial charge in [-0.05, 0) is 34.1 Å². The van der Waals surface area contributed by atoms with Gasteiger partial charge in [-0.3, -0.25) is 9.36 Å². The summed E-state index contributed by atoms with van der Waals surface area (Å²) in [6.07, 6.45) is -3.57.